The van der Waals surface area contributed by atoms with Crippen molar-refractivity contribution in [3.8, 4) is 0 Å². The Morgan fingerprint density at radius 1 is 1.02 bits per heavy atom. The molecule has 1 aliphatic carbocycles. The number of aromatic nitrogens is 1. The lowest BCUT2D eigenvalue weighted by molar-refractivity contribution is -0.139. The third-order valence-corrected chi connectivity index (χ3v) is 7.88. The number of ketones is 1. The fourth-order valence-electron chi connectivity index (χ4n) is 5.38. The van der Waals surface area contributed by atoms with Crippen LogP contribution in [0.15, 0.2) is 96.7 Å². The number of Topliss-reactive ketones (excluding diaryl/α,β-unsaturated/α-hetero) is 1. The highest BCUT2D eigenvalue weighted by Crippen LogP contribution is 2.32. The summed E-state index contributed by atoms with van der Waals surface area (Å²) in [7, 11) is 0. The zero-order valence-corrected chi connectivity index (χ0v) is 24.4. The summed E-state index contributed by atoms with van der Waals surface area (Å²) in [4.78, 5) is 69.1. The Morgan fingerprint density at radius 2 is 1.84 bits per heavy atom. The Hall–Kier alpha value is -5.25. The number of carbonyl (C=O) groups is 5. The molecule has 1 saturated heterocycles. The van der Waals surface area contributed by atoms with Crippen LogP contribution in [-0.2, 0) is 25.7 Å². The number of hydrogen-bond acceptors (Lipinski definition) is 5. The highest BCUT2D eigenvalue weighted by atomic mass is 16.2. The van der Waals surface area contributed by atoms with Gasteiger partial charge in [0, 0.05) is 41.3 Å². The molecular weight excluding hydrogens is 558 g/mol. The summed E-state index contributed by atoms with van der Waals surface area (Å²) in [6.45, 7) is 2.49. The van der Waals surface area contributed by atoms with Gasteiger partial charge in [-0.25, -0.2) is 0 Å². The van der Waals surface area contributed by atoms with Crippen molar-refractivity contribution in [3.63, 3.8) is 0 Å². The van der Waals surface area contributed by atoms with Crippen LogP contribution in [0.4, 0.5) is 0 Å². The maximum atomic E-state index is 13.9. The van der Waals surface area contributed by atoms with Crippen LogP contribution in [0.1, 0.15) is 42.1 Å². The molecule has 0 saturated carbocycles. The first-order chi connectivity index (χ1) is 21.2. The standard InChI is InChI=1S/C34H35N5O5/c1-34(14-6-3-7-15-34)20-28(39-31(42)24-10-11-26-23(18-24)12-16-35-26)32(43)38-27(19-25-13-17-36-30(25)41)29(40)33(44)37-21-22-8-4-2-5-9-22/h2-12,14,16,18-19,27-28,35H,13,15,17,20-21H2,1H3,(H,36,41)(H,37,44)(H,38,43)(H,39,42)/b25-19+/t27-,28-,34?/m0/s1. The van der Waals surface area contributed by atoms with Crippen LogP contribution in [-0.4, -0.2) is 53.0 Å². The second-order valence-corrected chi connectivity index (χ2v) is 11.4. The molecule has 5 N–H and O–H groups in total. The third-order valence-electron chi connectivity index (χ3n) is 7.88. The van der Waals surface area contributed by atoms with Crippen molar-refractivity contribution in [2.75, 3.05) is 6.54 Å². The average Bonchev–Trinajstić information content (AvgIpc) is 3.67. The number of allylic oxidation sites excluding steroid dienone is 4. The van der Waals surface area contributed by atoms with Crippen LogP contribution in [0.2, 0.25) is 0 Å². The fourth-order valence-corrected chi connectivity index (χ4v) is 5.38. The summed E-state index contributed by atoms with van der Waals surface area (Å²) in [6, 6.07) is 13.7. The van der Waals surface area contributed by atoms with Gasteiger partial charge in [-0.15, -0.1) is 0 Å². The summed E-state index contributed by atoms with van der Waals surface area (Å²) in [5, 5.41) is 11.6. The summed E-state index contributed by atoms with van der Waals surface area (Å²) in [5.41, 5.74) is 1.89. The first kappa shape index (κ1) is 30.2. The van der Waals surface area contributed by atoms with Crippen LogP contribution in [0.3, 0.4) is 0 Å². The molecule has 1 aromatic heterocycles. The Balaban J connectivity index is 1.37. The molecule has 5 rings (SSSR count). The van der Waals surface area contributed by atoms with Crippen molar-refractivity contribution < 1.29 is 24.0 Å². The van der Waals surface area contributed by atoms with Crippen molar-refractivity contribution in [2.45, 2.75) is 44.8 Å². The Kier molecular flexibility index (Phi) is 9.18. The van der Waals surface area contributed by atoms with Gasteiger partial charge in [-0.3, -0.25) is 24.0 Å². The topological polar surface area (TPSA) is 149 Å². The SMILES string of the molecule is CC1(C[C@H](NC(=O)c2ccc3[nH]ccc3c2)C(=O)N[C@@H](/C=C2\CCNC2=O)C(=O)C(=O)NCc2ccccc2)C=CC=CC1. The van der Waals surface area contributed by atoms with Crippen LogP contribution < -0.4 is 21.3 Å². The monoisotopic (exact) mass is 593 g/mol. The minimum Gasteiger partial charge on any atom is -0.361 e. The van der Waals surface area contributed by atoms with Gasteiger partial charge in [-0.1, -0.05) is 61.6 Å². The van der Waals surface area contributed by atoms with Crippen LogP contribution in [0.25, 0.3) is 10.9 Å². The molecule has 44 heavy (non-hydrogen) atoms. The number of amides is 4. The van der Waals surface area contributed by atoms with Crippen LogP contribution >= 0.6 is 0 Å². The Labute approximate surface area is 255 Å². The van der Waals surface area contributed by atoms with Gasteiger partial charge in [0.15, 0.2) is 0 Å². The Morgan fingerprint density at radius 3 is 2.57 bits per heavy atom. The van der Waals surface area contributed by atoms with E-state index in [1.807, 2.05) is 67.6 Å². The summed E-state index contributed by atoms with van der Waals surface area (Å²) in [5.74, 6) is -3.28. The predicted molar refractivity (Wildman–Crippen MR) is 166 cm³/mol. The Bertz CT molecular complexity index is 1670. The van der Waals surface area contributed by atoms with Gasteiger partial charge in [0.2, 0.25) is 17.6 Å². The summed E-state index contributed by atoms with van der Waals surface area (Å²) >= 11 is 0. The largest absolute Gasteiger partial charge is 0.361 e. The van der Waals surface area contributed by atoms with E-state index in [0.29, 0.717) is 30.5 Å². The molecule has 2 heterocycles. The first-order valence-electron chi connectivity index (χ1n) is 14.6. The molecule has 2 aromatic carbocycles. The van der Waals surface area contributed by atoms with E-state index in [-0.39, 0.29) is 18.9 Å². The van der Waals surface area contributed by atoms with Crippen LogP contribution in [0, 0.1) is 5.41 Å². The van der Waals surface area contributed by atoms with E-state index < -0.39 is 41.0 Å². The third kappa shape index (κ3) is 7.38. The van der Waals surface area contributed by atoms with Gasteiger partial charge >= 0.3 is 0 Å². The molecular formula is C34H35N5O5. The second-order valence-electron chi connectivity index (χ2n) is 11.4. The molecule has 3 aromatic rings. The van der Waals surface area contributed by atoms with E-state index >= 15 is 0 Å². The number of benzene rings is 2. The molecule has 0 spiro atoms. The fraction of sp³-hybridized carbons (Fsp3) is 0.265. The predicted octanol–water partition coefficient (Wildman–Crippen LogP) is 3.00. The van der Waals surface area contributed by atoms with Gasteiger partial charge in [-0.05, 0) is 60.6 Å². The molecule has 0 radical (unpaired) electrons. The number of aromatic amines is 1. The molecule has 10 heteroatoms. The van der Waals surface area contributed by atoms with E-state index in [2.05, 4.69) is 26.3 Å². The highest BCUT2D eigenvalue weighted by molar-refractivity contribution is 6.39. The van der Waals surface area contributed by atoms with E-state index in [9.17, 15) is 24.0 Å². The van der Waals surface area contributed by atoms with Gasteiger partial charge in [0.1, 0.15) is 12.1 Å². The molecule has 3 atom stereocenters. The smallest absolute Gasteiger partial charge is 0.290 e. The molecule has 0 bridgehead atoms. The quantitative estimate of drug-likeness (QED) is 0.171. The highest BCUT2D eigenvalue weighted by Gasteiger charge is 2.34. The van der Waals surface area contributed by atoms with Crippen molar-refractivity contribution in [1.82, 2.24) is 26.3 Å². The number of fused-ring (bicyclic) bond motifs is 1. The summed E-state index contributed by atoms with van der Waals surface area (Å²) in [6.07, 6.45) is 12.1. The molecule has 2 aliphatic rings. The summed E-state index contributed by atoms with van der Waals surface area (Å²) < 4.78 is 0. The van der Waals surface area contributed by atoms with Crippen molar-refractivity contribution in [2.24, 2.45) is 5.41 Å². The van der Waals surface area contributed by atoms with Crippen molar-refractivity contribution in [3.05, 3.63) is 108 Å². The number of carbonyl (C=O) groups excluding carboxylic acids is 5. The van der Waals surface area contributed by atoms with Crippen LogP contribution in [0.5, 0.6) is 0 Å². The number of H-pyrrole nitrogens is 1. The van der Waals surface area contributed by atoms with Crippen molar-refractivity contribution >= 4 is 40.3 Å². The van der Waals surface area contributed by atoms with E-state index in [4.69, 9.17) is 0 Å². The van der Waals surface area contributed by atoms with Gasteiger partial charge < -0.3 is 26.3 Å². The zero-order valence-electron chi connectivity index (χ0n) is 24.4. The molecule has 1 aliphatic heterocycles. The molecule has 4 amide bonds. The minimum atomic E-state index is -1.41. The number of hydrogen-bond donors (Lipinski definition) is 5. The maximum Gasteiger partial charge on any atom is 0.290 e. The molecule has 226 valence electrons. The molecule has 10 nitrogen and oxygen atoms in total. The maximum absolute atomic E-state index is 13.9. The van der Waals surface area contributed by atoms with E-state index in [1.54, 1.807) is 24.4 Å². The van der Waals surface area contributed by atoms with E-state index in [0.717, 1.165) is 16.5 Å². The second kappa shape index (κ2) is 13.4. The average molecular weight is 594 g/mol. The lowest BCUT2D eigenvalue weighted by Gasteiger charge is -2.31. The number of rotatable bonds is 11. The van der Waals surface area contributed by atoms with Crippen molar-refractivity contribution in [1.29, 1.82) is 0 Å². The van der Waals surface area contributed by atoms with E-state index in [1.165, 1.54) is 6.08 Å². The first-order valence-corrected chi connectivity index (χ1v) is 14.6. The zero-order chi connectivity index (χ0) is 31.1. The van der Waals surface area contributed by atoms with Gasteiger partial charge in [0.05, 0.1) is 0 Å². The lowest BCUT2D eigenvalue weighted by atomic mass is 9.78. The van der Waals surface area contributed by atoms with Gasteiger partial charge in [0.25, 0.3) is 11.8 Å². The normalized spacial score (nSPS) is 19.8. The van der Waals surface area contributed by atoms with Gasteiger partial charge in [-0.2, -0.15) is 0 Å². The lowest BCUT2D eigenvalue weighted by Crippen LogP contribution is -2.54. The molecule has 1 unspecified atom stereocenters. The molecule has 1 fully saturated rings. The number of nitrogens with one attached hydrogen (secondary N) is 5. The minimum absolute atomic E-state index is 0.117.